The van der Waals surface area contributed by atoms with E-state index in [1.54, 1.807) is 12.1 Å². The largest absolute Gasteiger partial charge is 0.492 e. The fourth-order valence-electron chi connectivity index (χ4n) is 1.89. The molecule has 0 fully saturated rings. The number of hydrogen-bond donors (Lipinski definition) is 1. The molecule has 1 heterocycles. The number of para-hydroxylation sites is 1. The Morgan fingerprint density at radius 3 is 2.81 bits per heavy atom. The van der Waals surface area contributed by atoms with Gasteiger partial charge in [-0.2, -0.15) is 0 Å². The van der Waals surface area contributed by atoms with E-state index in [2.05, 4.69) is 4.98 Å². The molecule has 0 saturated carbocycles. The van der Waals surface area contributed by atoms with E-state index < -0.39 is 5.97 Å². The van der Waals surface area contributed by atoms with Gasteiger partial charge in [-0.15, -0.1) is 11.3 Å². The third-order valence-corrected chi connectivity index (χ3v) is 4.29. The Morgan fingerprint density at radius 1 is 1.38 bits per heavy atom. The molecule has 0 aliphatic carbocycles. The van der Waals surface area contributed by atoms with Gasteiger partial charge in [0.05, 0.1) is 22.3 Å². The van der Waals surface area contributed by atoms with Crippen molar-refractivity contribution in [3.63, 3.8) is 0 Å². The zero-order valence-electron chi connectivity index (χ0n) is 11.6. The van der Waals surface area contributed by atoms with Crippen molar-refractivity contribution in [1.29, 1.82) is 0 Å². The van der Waals surface area contributed by atoms with E-state index in [9.17, 15) is 4.79 Å². The Hall–Kier alpha value is -1.59. The minimum absolute atomic E-state index is 0.338. The quantitative estimate of drug-likeness (QED) is 0.833. The average Bonchev–Trinajstić information content (AvgIpc) is 2.85. The van der Waals surface area contributed by atoms with Gasteiger partial charge in [-0.25, -0.2) is 9.78 Å². The number of halogens is 1. The van der Waals surface area contributed by atoms with Crippen molar-refractivity contribution < 1.29 is 14.6 Å². The van der Waals surface area contributed by atoms with Gasteiger partial charge >= 0.3 is 5.97 Å². The molecular weight excluding hydrogens is 310 g/mol. The van der Waals surface area contributed by atoms with Crippen molar-refractivity contribution in [3.05, 3.63) is 44.9 Å². The molecule has 0 spiro atoms. The summed E-state index contributed by atoms with van der Waals surface area (Å²) in [6.07, 6.45) is 2.13. The molecule has 1 aromatic carbocycles. The van der Waals surface area contributed by atoms with Gasteiger partial charge in [0.2, 0.25) is 0 Å². The first-order valence-electron chi connectivity index (χ1n) is 6.71. The van der Waals surface area contributed by atoms with Crippen LogP contribution < -0.4 is 4.74 Å². The van der Waals surface area contributed by atoms with Gasteiger partial charge in [-0.3, -0.25) is 0 Å². The highest BCUT2D eigenvalue weighted by Crippen LogP contribution is 2.24. The molecule has 4 nitrogen and oxygen atoms in total. The number of benzene rings is 1. The Morgan fingerprint density at radius 2 is 2.14 bits per heavy atom. The van der Waals surface area contributed by atoms with Crippen LogP contribution in [0.3, 0.4) is 0 Å². The van der Waals surface area contributed by atoms with Crippen LogP contribution in [0.25, 0.3) is 0 Å². The number of aryl methyl sites for hydroxylation is 1. The summed E-state index contributed by atoms with van der Waals surface area (Å²) in [5, 5.41) is 10.5. The van der Waals surface area contributed by atoms with Gasteiger partial charge in [0, 0.05) is 6.42 Å². The van der Waals surface area contributed by atoms with Crippen LogP contribution in [0.15, 0.2) is 24.3 Å². The summed E-state index contributed by atoms with van der Waals surface area (Å²) in [7, 11) is 0. The lowest BCUT2D eigenvalue weighted by Crippen LogP contribution is -2.01. The van der Waals surface area contributed by atoms with Crippen molar-refractivity contribution in [2.24, 2.45) is 0 Å². The molecule has 0 aliphatic rings. The summed E-state index contributed by atoms with van der Waals surface area (Å²) >= 11 is 7.23. The van der Waals surface area contributed by atoms with E-state index >= 15 is 0 Å². The monoisotopic (exact) mass is 325 g/mol. The number of carbonyl (C=O) groups is 1. The first-order chi connectivity index (χ1) is 10.1. The van der Waals surface area contributed by atoms with Crippen molar-refractivity contribution >= 4 is 28.9 Å². The molecule has 2 aromatic rings. The molecule has 0 amide bonds. The number of thiazole rings is 1. The number of nitrogens with zero attached hydrogens (tertiary/aromatic N) is 1. The third-order valence-electron chi connectivity index (χ3n) is 2.83. The standard InChI is InChI=1S/C15H16ClNO3S/c1-2-5-11-14(15(18)19)21-13(17-11)8-9-20-12-7-4-3-6-10(12)16/h3-4,6-7H,2,5,8-9H2,1H3,(H,18,19). The molecule has 2 rings (SSSR count). The SMILES string of the molecule is CCCc1nc(CCOc2ccccc2Cl)sc1C(=O)O. The van der Waals surface area contributed by atoms with Crippen molar-refractivity contribution in [2.75, 3.05) is 6.61 Å². The maximum Gasteiger partial charge on any atom is 0.347 e. The van der Waals surface area contributed by atoms with Crippen LogP contribution in [-0.4, -0.2) is 22.7 Å². The fraction of sp³-hybridized carbons (Fsp3) is 0.333. The van der Waals surface area contributed by atoms with Gasteiger partial charge in [-0.05, 0) is 18.6 Å². The number of carboxylic acid groups (broad SMARTS) is 1. The van der Waals surface area contributed by atoms with E-state index in [1.807, 2.05) is 19.1 Å². The Balaban J connectivity index is 1.99. The third kappa shape index (κ3) is 4.19. The molecule has 0 radical (unpaired) electrons. The predicted molar refractivity (Wildman–Crippen MR) is 83.7 cm³/mol. The molecule has 0 bridgehead atoms. The smallest absolute Gasteiger partial charge is 0.347 e. The summed E-state index contributed by atoms with van der Waals surface area (Å²) in [6, 6.07) is 7.26. The van der Waals surface area contributed by atoms with E-state index in [-0.39, 0.29) is 0 Å². The van der Waals surface area contributed by atoms with Gasteiger partial charge < -0.3 is 9.84 Å². The van der Waals surface area contributed by atoms with Crippen molar-refractivity contribution in [2.45, 2.75) is 26.2 Å². The number of ether oxygens (including phenoxy) is 1. The van der Waals surface area contributed by atoms with E-state index in [0.29, 0.717) is 40.8 Å². The molecule has 0 atom stereocenters. The minimum atomic E-state index is -0.908. The highest BCUT2D eigenvalue weighted by Gasteiger charge is 2.16. The molecule has 112 valence electrons. The molecule has 1 N–H and O–H groups in total. The van der Waals surface area contributed by atoms with Crippen molar-refractivity contribution in [1.82, 2.24) is 4.98 Å². The molecular formula is C15H16ClNO3S. The second kappa shape index (κ2) is 7.43. The summed E-state index contributed by atoms with van der Waals surface area (Å²) in [5.41, 5.74) is 0.669. The van der Waals surface area contributed by atoms with Crippen LogP contribution in [-0.2, 0) is 12.8 Å². The highest BCUT2D eigenvalue weighted by atomic mass is 35.5. The summed E-state index contributed by atoms with van der Waals surface area (Å²) in [4.78, 5) is 15.9. The molecule has 21 heavy (non-hydrogen) atoms. The number of carboxylic acids is 1. The molecule has 0 unspecified atom stereocenters. The predicted octanol–water partition coefficient (Wildman–Crippen LogP) is 4.07. The molecule has 1 aromatic heterocycles. The van der Waals surface area contributed by atoms with Crippen LogP contribution in [0.4, 0.5) is 0 Å². The molecule has 0 aliphatic heterocycles. The maximum atomic E-state index is 11.2. The van der Waals surface area contributed by atoms with E-state index in [0.717, 1.165) is 11.4 Å². The van der Waals surface area contributed by atoms with Crippen LogP contribution in [0.5, 0.6) is 5.75 Å². The lowest BCUT2D eigenvalue weighted by atomic mass is 10.2. The second-order valence-electron chi connectivity index (χ2n) is 4.47. The Labute approximate surface area is 132 Å². The van der Waals surface area contributed by atoms with Gasteiger partial charge in [0.15, 0.2) is 0 Å². The maximum absolute atomic E-state index is 11.2. The first-order valence-corrected chi connectivity index (χ1v) is 7.90. The zero-order chi connectivity index (χ0) is 15.2. The number of hydrogen-bond acceptors (Lipinski definition) is 4. The summed E-state index contributed by atoms with van der Waals surface area (Å²) < 4.78 is 5.60. The molecule has 6 heteroatoms. The normalized spacial score (nSPS) is 10.6. The van der Waals surface area contributed by atoms with Gasteiger partial charge in [0.25, 0.3) is 0 Å². The van der Waals surface area contributed by atoms with Crippen LogP contribution in [0.1, 0.15) is 33.7 Å². The first kappa shape index (κ1) is 15.8. The van der Waals surface area contributed by atoms with E-state index in [1.165, 1.54) is 11.3 Å². The zero-order valence-corrected chi connectivity index (χ0v) is 13.2. The lowest BCUT2D eigenvalue weighted by Gasteiger charge is -2.06. The number of aromatic carboxylic acids is 1. The van der Waals surface area contributed by atoms with Crippen LogP contribution >= 0.6 is 22.9 Å². The van der Waals surface area contributed by atoms with E-state index in [4.69, 9.17) is 21.4 Å². The van der Waals surface area contributed by atoms with Crippen LogP contribution in [0, 0.1) is 0 Å². The Kier molecular flexibility index (Phi) is 5.59. The topological polar surface area (TPSA) is 59.4 Å². The highest BCUT2D eigenvalue weighted by molar-refractivity contribution is 7.13. The molecule has 0 saturated heterocycles. The van der Waals surface area contributed by atoms with Crippen molar-refractivity contribution in [3.8, 4) is 5.75 Å². The minimum Gasteiger partial charge on any atom is -0.492 e. The average molecular weight is 326 g/mol. The van der Waals surface area contributed by atoms with Crippen LogP contribution in [0.2, 0.25) is 5.02 Å². The van der Waals surface area contributed by atoms with Gasteiger partial charge in [0.1, 0.15) is 10.6 Å². The number of rotatable bonds is 7. The van der Waals surface area contributed by atoms with Gasteiger partial charge in [-0.1, -0.05) is 37.1 Å². The lowest BCUT2D eigenvalue weighted by molar-refractivity contribution is 0.0700. The Bertz CT molecular complexity index is 627. The second-order valence-corrected chi connectivity index (χ2v) is 5.96. The summed E-state index contributed by atoms with van der Waals surface area (Å²) in [6.45, 7) is 2.42. The number of aromatic nitrogens is 1. The summed E-state index contributed by atoms with van der Waals surface area (Å²) in [5.74, 6) is -0.280. The fourth-order valence-corrected chi connectivity index (χ4v) is 3.01.